The molecule has 1 atom stereocenters. The van der Waals surface area contributed by atoms with Gasteiger partial charge in [-0.1, -0.05) is 20.8 Å². The Hall–Kier alpha value is -1.63. The van der Waals surface area contributed by atoms with Gasteiger partial charge in [-0.2, -0.15) is 0 Å². The quantitative estimate of drug-likeness (QED) is 0.826. The molecule has 1 saturated heterocycles. The van der Waals surface area contributed by atoms with E-state index in [4.69, 9.17) is 9.15 Å². The summed E-state index contributed by atoms with van der Waals surface area (Å²) in [6, 6.07) is 0.0820. The standard InChI is InChI=1S/C17H30N4O3/c1-12-10-20(8-9-21(12)15(22)24-17(5,6)7)11-13-18-19-14(23-13)16(2,3)4/h12H,8-11H2,1-7H3/t12-/m0/s1. The van der Waals surface area contributed by atoms with Crippen molar-refractivity contribution in [3.8, 4) is 0 Å². The topological polar surface area (TPSA) is 71.7 Å². The number of hydrogen-bond acceptors (Lipinski definition) is 6. The predicted molar refractivity (Wildman–Crippen MR) is 90.7 cm³/mol. The third-order valence-corrected chi connectivity index (χ3v) is 3.81. The van der Waals surface area contributed by atoms with Crippen molar-refractivity contribution in [2.75, 3.05) is 19.6 Å². The van der Waals surface area contributed by atoms with Crippen LogP contribution in [0.15, 0.2) is 4.42 Å². The highest BCUT2D eigenvalue weighted by Gasteiger charge is 2.31. The van der Waals surface area contributed by atoms with Gasteiger partial charge in [0.15, 0.2) is 0 Å². The zero-order valence-electron chi connectivity index (χ0n) is 15.9. The molecule has 0 unspecified atom stereocenters. The maximum absolute atomic E-state index is 12.2. The average molecular weight is 338 g/mol. The summed E-state index contributed by atoms with van der Waals surface area (Å²) < 4.78 is 11.2. The number of hydrogen-bond donors (Lipinski definition) is 0. The Morgan fingerprint density at radius 2 is 1.88 bits per heavy atom. The minimum Gasteiger partial charge on any atom is -0.444 e. The molecule has 7 nitrogen and oxygen atoms in total. The summed E-state index contributed by atoms with van der Waals surface area (Å²) in [4.78, 5) is 16.3. The lowest BCUT2D eigenvalue weighted by atomic mass is 9.97. The molecule has 2 heterocycles. The van der Waals surface area contributed by atoms with E-state index in [1.54, 1.807) is 4.90 Å². The molecule has 1 aromatic rings. The average Bonchev–Trinajstić information content (AvgIpc) is 2.85. The number of carbonyl (C=O) groups is 1. The Balaban J connectivity index is 1.91. The number of piperazine rings is 1. The summed E-state index contributed by atoms with van der Waals surface area (Å²) in [6.07, 6.45) is -0.248. The van der Waals surface area contributed by atoms with E-state index < -0.39 is 5.60 Å². The third-order valence-electron chi connectivity index (χ3n) is 3.81. The van der Waals surface area contributed by atoms with Gasteiger partial charge in [0.1, 0.15) is 5.60 Å². The summed E-state index contributed by atoms with van der Waals surface area (Å²) in [5, 5.41) is 8.27. The number of aromatic nitrogens is 2. The van der Waals surface area contributed by atoms with E-state index in [-0.39, 0.29) is 17.6 Å². The van der Waals surface area contributed by atoms with Crippen molar-refractivity contribution in [2.24, 2.45) is 0 Å². The predicted octanol–water partition coefficient (Wildman–Crippen LogP) is 2.81. The summed E-state index contributed by atoms with van der Waals surface area (Å²) in [5.41, 5.74) is -0.616. The summed E-state index contributed by atoms with van der Waals surface area (Å²) in [5.74, 6) is 1.27. The van der Waals surface area contributed by atoms with Crippen LogP contribution in [0.25, 0.3) is 0 Å². The first-order valence-electron chi connectivity index (χ1n) is 8.50. The molecule has 136 valence electrons. The van der Waals surface area contributed by atoms with Crippen LogP contribution in [0.5, 0.6) is 0 Å². The van der Waals surface area contributed by atoms with E-state index in [9.17, 15) is 4.79 Å². The first kappa shape index (κ1) is 18.7. The van der Waals surface area contributed by atoms with Gasteiger partial charge in [0.25, 0.3) is 0 Å². The Bertz CT molecular complexity index is 571. The molecule has 0 spiro atoms. The molecular formula is C17H30N4O3. The van der Waals surface area contributed by atoms with E-state index >= 15 is 0 Å². The van der Waals surface area contributed by atoms with Crippen molar-refractivity contribution in [3.05, 3.63) is 11.8 Å². The van der Waals surface area contributed by atoms with Crippen LogP contribution in [0.4, 0.5) is 4.79 Å². The molecule has 1 amide bonds. The number of nitrogens with zero attached hydrogens (tertiary/aromatic N) is 4. The molecule has 24 heavy (non-hydrogen) atoms. The second-order valence-electron chi connectivity index (χ2n) is 8.51. The molecular weight excluding hydrogens is 308 g/mol. The van der Waals surface area contributed by atoms with Crippen LogP contribution < -0.4 is 0 Å². The second kappa shape index (κ2) is 6.70. The number of rotatable bonds is 2. The fraction of sp³-hybridized carbons (Fsp3) is 0.824. The molecule has 1 aromatic heterocycles. The highest BCUT2D eigenvalue weighted by molar-refractivity contribution is 5.68. The van der Waals surface area contributed by atoms with Crippen LogP contribution in [0.1, 0.15) is 60.2 Å². The van der Waals surface area contributed by atoms with E-state index in [2.05, 4.69) is 15.1 Å². The van der Waals surface area contributed by atoms with Crippen LogP contribution in [-0.2, 0) is 16.7 Å². The van der Waals surface area contributed by atoms with Crippen LogP contribution >= 0.6 is 0 Å². The van der Waals surface area contributed by atoms with Gasteiger partial charge in [0.05, 0.1) is 6.54 Å². The van der Waals surface area contributed by atoms with Crippen LogP contribution in [-0.4, -0.2) is 57.4 Å². The fourth-order valence-electron chi connectivity index (χ4n) is 2.58. The van der Waals surface area contributed by atoms with Crippen LogP contribution in [0.3, 0.4) is 0 Å². The smallest absolute Gasteiger partial charge is 0.410 e. The van der Waals surface area contributed by atoms with Gasteiger partial charge < -0.3 is 14.1 Å². The summed E-state index contributed by atoms with van der Waals surface area (Å²) >= 11 is 0. The van der Waals surface area contributed by atoms with Crippen molar-refractivity contribution in [3.63, 3.8) is 0 Å². The molecule has 1 fully saturated rings. The molecule has 0 radical (unpaired) electrons. The first-order chi connectivity index (χ1) is 11.0. The lowest BCUT2D eigenvalue weighted by Gasteiger charge is -2.39. The third kappa shape index (κ3) is 4.93. The molecule has 0 saturated carbocycles. The first-order valence-corrected chi connectivity index (χ1v) is 8.50. The zero-order valence-corrected chi connectivity index (χ0v) is 15.9. The summed E-state index contributed by atoms with van der Waals surface area (Å²) in [6.45, 7) is 16.6. The number of ether oxygens (including phenoxy) is 1. The molecule has 0 bridgehead atoms. The van der Waals surface area contributed by atoms with Crippen LogP contribution in [0.2, 0.25) is 0 Å². The molecule has 1 aliphatic heterocycles. The maximum Gasteiger partial charge on any atom is 0.410 e. The Labute approximate surface area is 144 Å². The number of amides is 1. The Morgan fingerprint density at radius 3 is 2.38 bits per heavy atom. The van der Waals surface area contributed by atoms with E-state index in [1.807, 2.05) is 48.5 Å². The Kier molecular flexibility index (Phi) is 5.22. The van der Waals surface area contributed by atoms with E-state index in [0.717, 1.165) is 13.1 Å². The minimum absolute atomic E-state index is 0.0820. The van der Waals surface area contributed by atoms with Crippen molar-refractivity contribution in [1.29, 1.82) is 0 Å². The maximum atomic E-state index is 12.2. The molecule has 1 aliphatic rings. The molecule has 2 rings (SSSR count). The largest absolute Gasteiger partial charge is 0.444 e. The summed E-state index contributed by atoms with van der Waals surface area (Å²) in [7, 11) is 0. The van der Waals surface area contributed by atoms with E-state index in [1.165, 1.54) is 0 Å². The normalized spacial score (nSPS) is 20.3. The minimum atomic E-state index is -0.471. The zero-order chi connectivity index (χ0) is 18.1. The van der Waals surface area contributed by atoms with Gasteiger partial charge in [-0.05, 0) is 27.7 Å². The lowest BCUT2D eigenvalue weighted by molar-refractivity contribution is -0.000332. The number of carbonyl (C=O) groups excluding carboxylic acids is 1. The highest BCUT2D eigenvalue weighted by Crippen LogP contribution is 2.22. The van der Waals surface area contributed by atoms with Crippen molar-refractivity contribution >= 4 is 6.09 Å². The van der Waals surface area contributed by atoms with Gasteiger partial charge in [-0.25, -0.2) is 4.79 Å². The SMILES string of the molecule is C[C@H]1CN(Cc2nnc(C(C)(C)C)o2)CCN1C(=O)OC(C)(C)C. The van der Waals surface area contributed by atoms with Gasteiger partial charge in [-0.15, -0.1) is 10.2 Å². The van der Waals surface area contributed by atoms with Gasteiger partial charge in [0, 0.05) is 31.1 Å². The van der Waals surface area contributed by atoms with Crippen molar-refractivity contribution in [2.45, 2.75) is 72.1 Å². The fourth-order valence-corrected chi connectivity index (χ4v) is 2.58. The van der Waals surface area contributed by atoms with Gasteiger partial charge >= 0.3 is 6.09 Å². The second-order valence-corrected chi connectivity index (χ2v) is 8.51. The van der Waals surface area contributed by atoms with E-state index in [0.29, 0.717) is 24.9 Å². The van der Waals surface area contributed by atoms with Gasteiger partial charge in [-0.3, -0.25) is 4.90 Å². The Morgan fingerprint density at radius 1 is 1.21 bits per heavy atom. The van der Waals surface area contributed by atoms with Crippen molar-refractivity contribution in [1.82, 2.24) is 20.0 Å². The molecule has 7 heteroatoms. The highest BCUT2D eigenvalue weighted by atomic mass is 16.6. The van der Waals surface area contributed by atoms with Crippen LogP contribution in [0, 0.1) is 0 Å². The molecule has 0 aromatic carbocycles. The monoisotopic (exact) mass is 338 g/mol. The van der Waals surface area contributed by atoms with Crippen molar-refractivity contribution < 1.29 is 13.9 Å². The lowest BCUT2D eigenvalue weighted by Crippen LogP contribution is -2.54. The van der Waals surface area contributed by atoms with Gasteiger partial charge in [0.2, 0.25) is 11.8 Å². The molecule has 0 N–H and O–H groups in total. The molecule has 0 aliphatic carbocycles.